The van der Waals surface area contributed by atoms with Crippen molar-refractivity contribution in [2.75, 3.05) is 7.11 Å². The molecule has 6 heteroatoms. The average molecular weight is 278 g/mol. The van der Waals surface area contributed by atoms with Crippen molar-refractivity contribution >= 4 is 5.91 Å². The molecular formula is C14H12F2N2O2. The van der Waals surface area contributed by atoms with Gasteiger partial charge in [-0.05, 0) is 24.3 Å². The zero-order valence-corrected chi connectivity index (χ0v) is 10.6. The minimum atomic E-state index is -1.06. The highest BCUT2D eigenvalue weighted by atomic mass is 19.1. The number of ether oxygens (including phenoxy) is 1. The minimum absolute atomic E-state index is 0.189. The van der Waals surface area contributed by atoms with Crippen LogP contribution in [0.1, 0.15) is 27.7 Å². The molecule has 0 aliphatic heterocycles. The van der Waals surface area contributed by atoms with Crippen LogP contribution in [-0.2, 0) is 4.74 Å². The fourth-order valence-electron chi connectivity index (χ4n) is 1.89. The molecule has 4 nitrogen and oxygen atoms in total. The first-order valence-corrected chi connectivity index (χ1v) is 5.77. The molecule has 0 aliphatic rings. The lowest BCUT2D eigenvalue weighted by atomic mass is 10.0. The highest BCUT2D eigenvalue weighted by Gasteiger charge is 2.23. The molecule has 0 bridgehead atoms. The van der Waals surface area contributed by atoms with E-state index in [-0.39, 0.29) is 16.8 Å². The lowest BCUT2D eigenvalue weighted by Crippen LogP contribution is -2.14. The molecule has 1 amide bonds. The van der Waals surface area contributed by atoms with E-state index in [4.69, 9.17) is 10.5 Å². The first-order valence-electron chi connectivity index (χ1n) is 5.77. The number of pyridine rings is 1. The number of benzene rings is 1. The zero-order chi connectivity index (χ0) is 14.7. The second-order valence-corrected chi connectivity index (χ2v) is 4.08. The monoisotopic (exact) mass is 278 g/mol. The largest absolute Gasteiger partial charge is 0.370 e. The number of hydrogen-bond acceptors (Lipinski definition) is 3. The number of halogens is 2. The van der Waals surface area contributed by atoms with E-state index in [1.54, 1.807) is 0 Å². The Kier molecular flexibility index (Phi) is 4.05. The zero-order valence-electron chi connectivity index (χ0n) is 10.6. The maximum Gasteiger partial charge on any atom is 0.248 e. The molecule has 1 aromatic heterocycles. The maximum absolute atomic E-state index is 13.8. The predicted octanol–water partition coefficient (Wildman–Crippen LogP) is 2.19. The van der Waals surface area contributed by atoms with Crippen molar-refractivity contribution < 1.29 is 18.3 Å². The van der Waals surface area contributed by atoms with Crippen molar-refractivity contribution in [3.63, 3.8) is 0 Å². The van der Waals surface area contributed by atoms with Crippen LogP contribution in [-0.4, -0.2) is 18.0 Å². The molecule has 1 aromatic carbocycles. The quantitative estimate of drug-likeness (QED) is 0.932. The van der Waals surface area contributed by atoms with Gasteiger partial charge in [0.05, 0.1) is 11.3 Å². The van der Waals surface area contributed by atoms with E-state index in [1.807, 2.05) is 0 Å². The summed E-state index contributed by atoms with van der Waals surface area (Å²) in [6, 6.07) is 6.28. The van der Waals surface area contributed by atoms with Crippen LogP contribution in [0.25, 0.3) is 0 Å². The third-order valence-electron chi connectivity index (χ3n) is 2.83. The Bertz CT molecular complexity index is 627. The highest BCUT2D eigenvalue weighted by Crippen LogP contribution is 2.28. The standard InChI is InChI=1S/C14H12F2N2O2/c1-20-13(12-9(15)3-2-4-10(12)16)11-7-8(14(17)19)5-6-18-11/h2-7,13H,1H3,(H2,17,19). The second-order valence-electron chi connectivity index (χ2n) is 4.08. The van der Waals surface area contributed by atoms with Gasteiger partial charge in [-0.15, -0.1) is 0 Å². The average Bonchev–Trinajstić information content (AvgIpc) is 2.43. The molecule has 0 radical (unpaired) electrons. The number of nitrogens with two attached hydrogens (primary N) is 1. The Morgan fingerprint density at radius 2 is 1.95 bits per heavy atom. The van der Waals surface area contributed by atoms with Crippen LogP contribution in [0.2, 0.25) is 0 Å². The number of amides is 1. The number of methoxy groups -OCH3 is 1. The number of hydrogen-bond donors (Lipinski definition) is 1. The Labute approximate surface area is 114 Å². The summed E-state index contributed by atoms with van der Waals surface area (Å²) in [7, 11) is 1.30. The molecule has 1 atom stereocenters. The van der Waals surface area contributed by atoms with Crippen molar-refractivity contribution in [2.24, 2.45) is 5.73 Å². The Morgan fingerprint density at radius 1 is 1.30 bits per heavy atom. The van der Waals surface area contributed by atoms with Crippen LogP contribution in [0.4, 0.5) is 8.78 Å². The van der Waals surface area contributed by atoms with Crippen LogP contribution in [0, 0.1) is 11.6 Å². The Balaban J connectivity index is 2.53. The SMILES string of the molecule is COC(c1cc(C(N)=O)ccn1)c1c(F)cccc1F. The molecule has 0 fully saturated rings. The van der Waals surface area contributed by atoms with Gasteiger partial charge in [0, 0.05) is 18.9 Å². The van der Waals surface area contributed by atoms with Crippen LogP contribution in [0.15, 0.2) is 36.5 Å². The van der Waals surface area contributed by atoms with Crippen molar-refractivity contribution in [1.82, 2.24) is 4.98 Å². The number of nitrogens with zero attached hydrogens (tertiary/aromatic N) is 1. The Hall–Kier alpha value is -2.34. The second kappa shape index (κ2) is 5.75. The highest BCUT2D eigenvalue weighted by molar-refractivity contribution is 5.92. The van der Waals surface area contributed by atoms with E-state index >= 15 is 0 Å². The lowest BCUT2D eigenvalue weighted by molar-refractivity contribution is 0.0999. The fourth-order valence-corrected chi connectivity index (χ4v) is 1.89. The molecule has 20 heavy (non-hydrogen) atoms. The van der Waals surface area contributed by atoms with E-state index in [0.717, 1.165) is 12.1 Å². The van der Waals surface area contributed by atoms with Gasteiger partial charge in [-0.3, -0.25) is 9.78 Å². The summed E-state index contributed by atoms with van der Waals surface area (Å²) < 4.78 is 32.7. The van der Waals surface area contributed by atoms with Gasteiger partial charge in [0.2, 0.25) is 5.91 Å². The van der Waals surface area contributed by atoms with Crippen molar-refractivity contribution in [2.45, 2.75) is 6.10 Å². The summed E-state index contributed by atoms with van der Waals surface area (Å²) in [5.74, 6) is -2.15. The number of carbonyl (C=O) groups excluding carboxylic acids is 1. The molecule has 1 unspecified atom stereocenters. The molecule has 0 saturated heterocycles. The van der Waals surface area contributed by atoms with Gasteiger partial charge in [-0.25, -0.2) is 8.78 Å². The molecule has 2 rings (SSSR count). The van der Waals surface area contributed by atoms with Crippen LogP contribution in [0.5, 0.6) is 0 Å². The maximum atomic E-state index is 13.8. The summed E-state index contributed by atoms with van der Waals surface area (Å²) in [4.78, 5) is 15.1. The van der Waals surface area contributed by atoms with Crippen LogP contribution in [0.3, 0.4) is 0 Å². The topological polar surface area (TPSA) is 65.2 Å². The molecule has 2 N–H and O–H groups in total. The van der Waals surface area contributed by atoms with Crippen LogP contribution >= 0.6 is 0 Å². The van der Waals surface area contributed by atoms with E-state index < -0.39 is 23.6 Å². The molecule has 104 valence electrons. The molecular weight excluding hydrogens is 266 g/mol. The number of primary amides is 1. The fraction of sp³-hybridized carbons (Fsp3) is 0.143. The summed E-state index contributed by atoms with van der Waals surface area (Å²) >= 11 is 0. The smallest absolute Gasteiger partial charge is 0.248 e. The normalized spacial score (nSPS) is 12.2. The summed E-state index contributed by atoms with van der Waals surface area (Å²) in [6.07, 6.45) is 0.274. The third-order valence-corrected chi connectivity index (χ3v) is 2.83. The summed E-state index contributed by atoms with van der Waals surface area (Å²) in [5.41, 5.74) is 5.30. The predicted molar refractivity (Wildman–Crippen MR) is 68.0 cm³/mol. The molecule has 0 aliphatic carbocycles. The van der Waals surface area contributed by atoms with E-state index in [1.165, 1.54) is 31.5 Å². The lowest BCUT2D eigenvalue weighted by Gasteiger charge is -2.17. The van der Waals surface area contributed by atoms with Gasteiger partial charge >= 0.3 is 0 Å². The third kappa shape index (κ3) is 2.65. The first kappa shape index (κ1) is 14.1. The first-order chi connectivity index (χ1) is 9.54. The molecule has 2 aromatic rings. The summed E-state index contributed by atoms with van der Waals surface area (Å²) in [6.45, 7) is 0. The minimum Gasteiger partial charge on any atom is -0.370 e. The molecule has 1 heterocycles. The van der Waals surface area contributed by atoms with Gasteiger partial charge in [-0.1, -0.05) is 6.07 Å². The number of rotatable bonds is 4. The van der Waals surface area contributed by atoms with Gasteiger partial charge in [0.25, 0.3) is 0 Å². The number of carbonyl (C=O) groups is 1. The van der Waals surface area contributed by atoms with Gasteiger partial charge in [0.1, 0.15) is 17.7 Å². The van der Waals surface area contributed by atoms with E-state index in [0.29, 0.717) is 0 Å². The Morgan fingerprint density at radius 3 is 2.50 bits per heavy atom. The van der Waals surface area contributed by atoms with Crippen molar-refractivity contribution in [1.29, 1.82) is 0 Å². The van der Waals surface area contributed by atoms with Crippen molar-refractivity contribution in [3.8, 4) is 0 Å². The van der Waals surface area contributed by atoms with Gasteiger partial charge in [-0.2, -0.15) is 0 Å². The van der Waals surface area contributed by atoms with Crippen molar-refractivity contribution in [3.05, 3.63) is 65.0 Å². The summed E-state index contributed by atoms with van der Waals surface area (Å²) in [5, 5.41) is 0. The van der Waals surface area contributed by atoms with Gasteiger partial charge < -0.3 is 10.5 Å². The van der Waals surface area contributed by atoms with E-state index in [2.05, 4.69) is 4.98 Å². The van der Waals surface area contributed by atoms with Gasteiger partial charge in [0.15, 0.2) is 0 Å². The molecule has 0 saturated carbocycles. The molecule has 0 spiro atoms. The van der Waals surface area contributed by atoms with E-state index in [9.17, 15) is 13.6 Å². The number of aromatic nitrogens is 1. The van der Waals surface area contributed by atoms with Crippen LogP contribution < -0.4 is 5.73 Å².